The van der Waals surface area contributed by atoms with Crippen LogP contribution in [0.3, 0.4) is 0 Å². The average molecular weight is 625 g/mol. The minimum Gasteiger partial charge on any atom is -0.497 e. The van der Waals surface area contributed by atoms with E-state index in [0.29, 0.717) is 28.5 Å². The van der Waals surface area contributed by atoms with Gasteiger partial charge in [-0.2, -0.15) is 0 Å². The molecule has 0 bridgehead atoms. The number of hydrogen-bond acceptors (Lipinski definition) is 8. The fraction of sp³-hybridized carbons (Fsp3) is 0.235. The summed E-state index contributed by atoms with van der Waals surface area (Å²) in [4.78, 5) is 27.2. The zero-order valence-corrected chi connectivity index (χ0v) is 26.2. The summed E-state index contributed by atoms with van der Waals surface area (Å²) in [5.74, 6) is 1.54. The Morgan fingerprint density at radius 2 is 1.70 bits per heavy atom. The van der Waals surface area contributed by atoms with Gasteiger partial charge >= 0.3 is 5.97 Å². The fourth-order valence-corrected chi connectivity index (χ4v) is 7.43. The molecule has 0 radical (unpaired) electrons. The number of aryl methyl sites for hydroxylation is 1. The van der Waals surface area contributed by atoms with Crippen molar-refractivity contribution >= 4 is 40.0 Å². The molecule has 44 heavy (non-hydrogen) atoms. The Kier molecular flexibility index (Phi) is 9.09. The molecule has 0 fully saturated rings. The summed E-state index contributed by atoms with van der Waals surface area (Å²) >= 11 is 3.06. The number of nitrogens with one attached hydrogen (secondary N) is 1. The van der Waals surface area contributed by atoms with Gasteiger partial charge in [-0.15, -0.1) is 21.5 Å². The summed E-state index contributed by atoms with van der Waals surface area (Å²) in [5.41, 5.74) is 5.00. The van der Waals surface area contributed by atoms with Crippen LogP contribution in [0.4, 0.5) is 5.00 Å². The van der Waals surface area contributed by atoms with Crippen LogP contribution in [0.5, 0.6) is 5.75 Å². The zero-order chi connectivity index (χ0) is 30.5. The monoisotopic (exact) mass is 624 g/mol. The number of ether oxygens (including phenoxy) is 2. The maximum atomic E-state index is 13.2. The Labute approximate surface area is 264 Å². The van der Waals surface area contributed by atoms with E-state index in [-0.39, 0.29) is 11.9 Å². The molecule has 3 aromatic carbocycles. The number of methoxy groups -OCH3 is 1. The highest BCUT2D eigenvalue weighted by atomic mass is 32.2. The smallest absolute Gasteiger partial charge is 0.341 e. The number of fused-ring (bicyclic) bond motifs is 1. The average Bonchev–Trinajstić information content (AvgIpc) is 3.66. The lowest BCUT2D eigenvalue weighted by Crippen LogP contribution is -2.15. The molecule has 2 aromatic heterocycles. The molecule has 1 aliphatic carbocycles. The highest BCUT2D eigenvalue weighted by Crippen LogP contribution is 2.39. The molecule has 5 aromatic rings. The Morgan fingerprint density at radius 3 is 2.43 bits per heavy atom. The summed E-state index contributed by atoms with van der Waals surface area (Å²) in [6.07, 6.45) is 3.88. The molecule has 0 saturated heterocycles. The second-order valence-electron chi connectivity index (χ2n) is 10.3. The van der Waals surface area contributed by atoms with Gasteiger partial charge in [0.1, 0.15) is 10.8 Å². The molecule has 0 saturated carbocycles. The van der Waals surface area contributed by atoms with E-state index < -0.39 is 0 Å². The van der Waals surface area contributed by atoms with Gasteiger partial charge in [-0.25, -0.2) is 4.79 Å². The van der Waals surface area contributed by atoms with Crippen molar-refractivity contribution in [2.45, 2.75) is 43.5 Å². The largest absolute Gasteiger partial charge is 0.497 e. The van der Waals surface area contributed by atoms with Crippen molar-refractivity contribution < 1.29 is 19.1 Å². The Balaban J connectivity index is 1.19. The van der Waals surface area contributed by atoms with Crippen molar-refractivity contribution in [2.75, 3.05) is 19.0 Å². The van der Waals surface area contributed by atoms with Gasteiger partial charge in [-0.05, 0) is 80.1 Å². The second-order valence-corrected chi connectivity index (χ2v) is 12.3. The van der Waals surface area contributed by atoms with E-state index in [1.807, 2.05) is 83.4 Å². The predicted molar refractivity (Wildman–Crippen MR) is 174 cm³/mol. The first-order valence-corrected chi connectivity index (χ1v) is 16.4. The third-order valence-electron chi connectivity index (χ3n) is 7.46. The van der Waals surface area contributed by atoms with Crippen LogP contribution in [0.2, 0.25) is 0 Å². The number of anilines is 1. The predicted octanol–water partition coefficient (Wildman–Crippen LogP) is 7.60. The molecule has 8 nitrogen and oxygen atoms in total. The number of benzene rings is 3. The fourth-order valence-electron chi connectivity index (χ4n) is 5.25. The first-order chi connectivity index (χ1) is 21.6. The summed E-state index contributed by atoms with van der Waals surface area (Å²) in [6.45, 7) is 2.08. The van der Waals surface area contributed by atoms with E-state index in [1.165, 1.54) is 16.2 Å². The Bertz CT molecular complexity index is 1760. The molecule has 2 heterocycles. The number of carbonyl (C=O) groups is 2. The van der Waals surface area contributed by atoms with E-state index in [9.17, 15) is 9.59 Å². The molecule has 224 valence electrons. The SMILES string of the molecule is CCOC(=O)c1c(NC(=O)c2ccc(CSc3nnc(-c4ccccc4)n3-c3ccc(OC)cc3)cc2)sc2c1CCCC2. The topological polar surface area (TPSA) is 95.3 Å². The molecule has 1 amide bonds. The van der Waals surface area contributed by atoms with E-state index in [4.69, 9.17) is 9.47 Å². The number of amides is 1. The van der Waals surface area contributed by atoms with Crippen LogP contribution in [-0.2, 0) is 23.3 Å². The second kappa shape index (κ2) is 13.5. The van der Waals surface area contributed by atoms with Crippen LogP contribution in [0.25, 0.3) is 17.1 Å². The summed E-state index contributed by atoms with van der Waals surface area (Å²) in [7, 11) is 1.65. The van der Waals surface area contributed by atoms with Crippen LogP contribution in [0.15, 0.2) is 84.0 Å². The number of thioether (sulfide) groups is 1. The number of carbonyl (C=O) groups excluding carboxylic acids is 2. The van der Waals surface area contributed by atoms with Crippen molar-refractivity contribution in [1.29, 1.82) is 0 Å². The maximum absolute atomic E-state index is 13.2. The standard InChI is InChI=1S/C34H32N4O4S2/c1-3-42-33(40)29-27-11-7-8-12-28(27)44-32(29)35-31(39)24-15-13-22(14-16-24)21-43-34-37-36-30(23-9-5-4-6-10-23)38(34)25-17-19-26(41-2)20-18-25/h4-6,9-10,13-20H,3,7-8,11-12,21H2,1-2H3,(H,35,39). The first kappa shape index (κ1) is 29.7. The van der Waals surface area contributed by atoms with Crippen molar-refractivity contribution in [2.24, 2.45) is 0 Å². The van der Waals surface area contributed by atoms with Crippen LogP contribution >= 0.6 is 23.1 Å². The number of rotatable bonds is 10. The van der Waals surface area contributed by atoms with Gasteiger partial charge in [-0.3, -0.25) is 9.36 Å². The number of aromatic nitrogens is 3. The Hall–Kier alpha value is -4.41. The molecule has 6 rings (SSSR count). The van der Waals surface area contributed by atoms with Crippen molar-refractivity contribution in [3.63, 3.8) is 0 Å². The molecule has 1 N–H and O–H groups in total. The van der Waals surface area contributed by atoms with E-state index in [1.54, 1.807) is 25.8 Å². The lowest BCUT2D eigenvalue weighted by molar-refractivity contribution is 0.0526. The van der Waals surface area contributed by atoms with Crippen LogP contribution in [0.1, 0.15) is 56.5 Å². The van der Waals surface area contributed by atoms with Crippen molar-refractivity contribution in [3.05, 3.63) is 106 Å². The van der Waals surface area contributed by atoms with Gasteiger partial charge in [0.25, 0.3) is 5.91 Å². The van der Waals surface area contributed by atoms with Gasteiger partial charge in [0.15, 0.2) is 11.0 Å². The third-order valence-corrected chi connectivity index (χ3v) is 9.67. The number of hydrogen-bond donors (Lipinski definition) is 1. The summed E-state index contributed by atoms with van der Waals surface area (Å²) < 4.78 is 12.7. The molecule has 0 aliphatic heterocycles. The Morgan fingerprint density at radius 1 is 0.955 bits per heavy atom. The van der Waals surface area contributed by atoms with Crippen LogP contribution < -0.4 is 10.1 Å². The maximum Gasteiger partial charge on any atom is 0.341 e. The summed E-state index contributed by atoms with van der Waals surface area (Å²) in [6, 6.07) is 25.3. The van der Waals surface area contributed by atoms with Gasteiger partial charge in [0.05, 0.1) is 19.3 Å². The third kappa shape index (κ3) is 6.27. The van der Waals surface area contributed by atoms with Crippen LogP contribution in [0, 0.1) is 0 Å². The number of nitrogens with zero attached hydrogens (tertiary/aromatic N) is 3. The van der Waals surface area contributed by atoms with Gasteiger partial charge in [0.2, 0.25) is 0 Å². The molecule has 0 spiro atoms. The van der Waals surface area contributed by atoms with Crippen molar-refractivity contribution in [1.82, 2.24) is 14.8 Å². The van der Waals surface area contributed by atoms with Gasteiger partial charge in [-0.1, -0.05) is 54.2 Å². The molecule has 0 atom stereocenters. The molecular formula is C34H32N4O4S2. The lowest BCUT2D eigenvalue weighted by Gasteiger charge is -2.12. The van der Waals surface area contributed by atoms with Gasteiger partial charge in [0, 0.05) is 27.4 Å². The van der Waals surface area contributed by atoms with E-state index in [2.05, 4.69) is 15.5 Å². The quantitative estimate of drug-likeness (QED) is 0.126. The number of esters is 1. The van der Waals surface area contributed by atoms with Crippen LogP contribution in [-0.4, -0.2) is 40.4 Å². The molecule has 1 aliphatic rings. The summed E-state index contributed by atoms with van der Waals surface area (Å²) in [5, 5.41) is 13.4. The molecule has 0 unspecified atom stereocenters. The van der Waals surface area contributed by atoms with E-state index in [0.717, 1.165) is 64.8 Å². The first-order valence-electron chi connectivity index (χ1n) is 14.6. The van der Waals surface area contributed by atoms with Crippen molar-refractivity contribution in [3.8, 4) is 22.8 Å². The molecular weight excluding hydrogens is 593 g/mol. The highest BCUT2D eigenvalue weighted by molar-refractivity contribution is 7.98. The normalized spacial score (nSPS) is 12.4. The number of thiophene rings is 1. The minimum atomic E-state index is -0.368. The minimum absolute atomic E-state index is 0.250. The zero-order valence-electron chi connectivity index (χ0n) is 24.5. The lowest BCUT2D eigenvalue weighted by atomic mass is 9.95. The highest BCUT2D eigenvalue weighted by Gasteiger charge is 2.27. The van der Waals surface area contributed by atoms with Gasteiger partial charge < -0.3 is 14.8 Å². The molecule has 10 heteroatoms. The van der Waals surface area contributed by atoms with E-state index >= 15 is 0 Å².